The van der Waals surface area contributed by atoms with Crippen LogP contribution in [0, 0.1) is 12.7 Å². The van der Waals surface area contributed by atoms with Gasteiger partial charge in [-0.2, -0.15) is 0 Å². The van der Waals surface area contributed by atoms with Gasteiger partial charge in [0.2, 0.25) is 0 Å². The van der Waals surface area contributed by atoms with Crippen LogP contribution in [0.15, 0.2) is 23.1 Å². The molecule has 0 aliphatic heterocycles. The standard InChI is InChI=1S/C10H11FOS/c1-7-5-9(11)3-4-10(7)13-6-8(2)12/h3-5H,6H2,1-2H3. The van der Waals surface area contributed by atoms with Crippen molar-refractivity contribution in [2.24, 2.45) is 0 Å². The maximum Gasteiger partial charge on any atom is 0.140 e. The van der Waals surface area contributed by atoms with E-state index < -0.39 is 0 Å². The van der Waals surface area contributed by atoms with Crippen LogP contribution in [-0.4, -0.2) is 11.5 Å². The van der Waals surface area contributed by atoms with Gasteiger partial charge in [0.15, 0.2) is 0 Å². The van der Waals surface area contributed by atoms with Crippen molar-refractivity contribution >= 4 is 17.5 Å². The van der Waals surface area contributed by atoms with Gasteiger partial charge in [0.25, 0.3) is 0 Å². The van der Waals surface area contributed by atoms with Gasteiger partial charge in [-0.05, 0) is 37.6 Å². The number of rotatable bonds is 3. The molecule has 0 aromatic heterocycles. The van der Waals surface area contributed by atoms with E-state index in [9.17, 15) is 9.18 Å². The highest BCUT2D eigenvalue weighted by molar-refractivity contribution is 8.00. The largest absolute Gasteiger partial charge is 0.299 e. The molecule has 0 heterocycles. The Kier molecular flexibility index (Phi) is 3.48. The minimum atomic E-state index is -0.232. The minimum Gasteiger partial charge on any atom is -0.299 e. The van der Waals surface area contributed by atoms with Crippen molar-refractivity contribution in [3.63, 3.8) is 0 Å². The van der Waals surface area contributed by atoms with Crippen molar-refractivity contribution in [1.29, 1.82) is 0 Å². The molecule has 0 fully saturated rings. The minimum absolute atomic E-state index is 0.133. The Labute approximate surface area is 81.3 Å². The predicted molar refractivity (Wildman–Crippen MR) is 52.5 cm³/mol. The summed E-state index contributed by atoms with van der Waals surface area (Å²) in [5.41, 5.74) is 0.881. The Bertz CT molecular complexity index is 323. The fraction of sp³-hybridized carbons (Fsp3) is 0.300. The van der Waals surface area contributed by atoms with Crippen LogP contribution in [0.25, 0.3) is 0 Å². The Morgan fingerprint density at radius 2 is 2.23 bits per heavy atom. The molecule has 0 atom stereocenters. The second-order valence-corrected chi connectivity index (χ2v) is 3.92. The maximum absolute atomic E-state index is 12.7. The molecule has 70 valence electrons. The molecule has 1 rings (SSSR count). The number of benzene rings is 1. The maximum atomic E-state index is 12.7. The highest BCUT2D eigenvalue weighted by Gasteiger charge is 2.01. The zero-order valence-corrected chi connectivity index (χ0v) is 8.45. The van der Waals surface area contributed by atoms with E-state index in [1.54, 1.807) is 13.0 Å². The summed E-state index contributed by atoms with van der Waals surface area (Å²) < 4.78 is 12.7. The van der Waals surface area contributed by atoms with Crippen LogP contribution in [0.1, 0.15) is 12.5 Å². The van der Waals surface area contributed by atoms with Crippen LogP contribution >= 0.6 is 11.8 Å². The molecule has 0 radical (unpaired) electrons. The average molecular weight is 198 g/mol. The Hall–Kier alpha value is -0.830. The number of Topliss-reactive ketones (excluding diaryl/α,β-unsaturated/α-hetero) is 1. The fourth-order valence-corrected chi connectivity index (χ4v) is 1.76. The van der Waals surface area contributed by atoms with Crippen molar-refractivity contribution < 1.29 is 9.18 Å². The van der Waals surface area contributed by atoms with Crippen LogP contribution in [0.2, 0.25) is 0 Å². The third kappa shape index (κ3) is 3.19. The number of aryl methyl sites for hydroxylation is 1. The smallest absolute Gasteiger partial charge is 0.140 e. The number of hydrogen-bond acceptors (Lipinski definition) is 2. The van der Waals surface area contributed by atoms with Gasteiger partial charge >= 0.3 is 0 Å². The fourth-order valence-electron chi connectivity index (χ4n) is 0.954. The lowest BCUT2D eigenvalue weighted by atomic mass is 10.2. The van der Waals surface area contributed by atoms with Crippen LogP contribution in [-0.2, 0) is 4.79 Å². The lowest BCUT2D eigenvalue weighted by molar-refractivity contribution is -0.114. The van der Waals surface area contributed by atoms with E-state index in [2.05, 4.69) is 0 Å². The molecule has 0 bridgehead atoms. The van der Waals surface area contributed by atoms with E-state index in [0.717, 1.165) is 10.5 Å². The summed E-state index contributed by atoms with van der Waals surface area (Å²) in [5, 5.41) is 0. The number of hydrogen-bond donors (Lipinski definition) is 0. The first-order valence-electron chi connectivity index (χ1n) is 3.98. The first-order valence-corrected chi connectivity index (χ1v) is 4.96. The Morgan fingerprint density at radius 3 is 2.77 bits per heavy atom. The van der Waals surface area contributed by atoms with Crippen molar-refractivity contribution in [2.45, 2.75) is 18.7 Å². The third-order valence-corrected chi connectivity index (χ3v) is 2.89. The monoisotopic (exact) mass is 198 g/mol. The molecule has 0 aliphatic carbocycles. The van der Waals surface area contributed by atoms with Gasteiger partial charge in [0, 0.05) is 4.90 Å². The molecule has 0 saturated heterocycles. The molecular weight excluding hydrogens is 187 g/mol. The molecule has 0 N–H and O–H groups in total. The summed E-state index contributed by atoms with van der Waals surface area (Å²) in [5.74, 6) is 0.352. The highest BCUT2D eigenvalue weighted by atomic mass is 32.2. The highest BCUT2D eigenvalue weighted by Crippen LogP contribution is 2.22. The van der Waals surface area contributed by atoms with Crippen LogP contribution in [0.5, 0.6) is 0 Å². The van der Waals surface area contributed by atoms with E-state index in [-0.39, 0.29) is 11.6 Å². The second kappa shape index (κ2) is 4.42. The number of carbonyl (C=O) groups is 1. The van der Waals surface area contributed by atoms with Gasteiger partial charge < -0.3 is 0 Å². The van der Waals surface area contributed by atoms with Crippen molar-refractivity contribution in [1.82, 2.24) is 0 Å². The molecule has 1 aromatic rings. The first-order chi connectivity index (χ1) is 6.09. The van der Waals surface area contributed by atoms with E-state index in [1.807, 2.05) is 6.92 Å². The van der Waals surface area contributed by atoms with Crippen LogP contribution in [0.3, 0.4) is 0 Å². The quantitative estimate of drug-likeness (QED) is 0.695. The molecule has 1 nitrogen and oxygen atoms in total. The summed E-state index contributed by atoms with van der Waals surface area (Å²) in [6.45, 7) is 3.39. The number of thioether (sulfide) groups is 1. The Balaban J connectivity index is 2.72. The molecule has 0 saturated carbocycles. The molecule has 0 aliphatic rings. The molecule has 0 unspecified atom stereocenters. The SMILES string of the molecule is CC(=O)CSc1ccc(F)cc1C. The zero-order chi connectivity index (χ0) is 9.84. The summed E-state index contributed by atoms with van der Waals surface area (Å²) in [6.07, 6.45) is 0. The molecule has 1 aromatic carbocycles. The normalized spacial score (nSPS) is 10.1. The van der Waals surface area contributed by atoms with Gasteiger partial charge in [-0.15, -0.1) is 11.8 Å². The molecule has 0 amide bonds. The lowest BCUT2D eigenvalue weighted by Crippen LogP contribution is -1.93. The molecular formula is C10H11FOS. The summed E-state index contributed by atoms with van der Waals surface area (Å²) in [7, 11) is 0. The second-order valence-electron chi connectivity index (χ2n) is 2.90. The van der Waals surface area contributed by atoms with Crippen molar-refractivity contribution in [2.75, 3.05) is 5.75 Å². The van der Waals surface area contributed by atoms with Crippen molar-refractivity contribution in [3.05, 3.63) is 29.6 Å². The zero-order valence-electron chi connectivity index (χ0n) is 7.63. The van der Waals surface area contributed by atoms with Crippen LogP contribution in [0.4, 0.5) is 4.39 Å². The third-order valence-electron chi connectivity index (χ3n) is 1.57. The number of carbonyl (C=O) groups excluding carboxylic acids is 1. The van der Waals surface area contributed by atoms with E-state index >= 15 is 0 Å². The molecule has 3 heteroatoms. The molecule has 0 spiro atoms. The number of halogens is 1. The molecule has 13 heavy (non-hydrogen) atoms. The van der Waals surface area contributed by atoms with E-state index in [1.165, 1.54) is 23.9 Å². The van der Waals surface area contributed by atoms with Crippen molar-refractivity contribution in [3.8, 4) is 0 Å². The summed E-state index contributed by atoms with van der Waals surface area (Å²) in [4.78, 5) is 11.7. The van der Waals surface area contributed by atoms with Crippen LogP contribution < -0.4 is 0 Å². The van der Waals surface area contributed by atoms with Gasteiger partial charge in [-0.1, -0.05) is 0 Å². The van der Waals surface area contributed by atoms with Gasteiger partial charge in [-0.25, -0.2) is 4.39 Å². The summed E-state index contributed by atoms with van der Waals surface area (Å²) in [6, 6.07) is 4.59. The van der Waals surface area contributed by atoms with E-state index in [4.69, 9.17) is 0 Å². The van der Waals surface area contributed by atoms with E-state index in [0.29, 0.717) is 5.75 Å². The first kappa shape index (κ1) is 10.3. The average Bonchev–Trinajstić information content (AvgIpc) is 2.02. The summed E-state index contributed by atoms with van der Waals surface area (Å²) >= 11 is 1.45. The van der Waals surface area contributed by atoms with Gasteiger partial charge in [0.05, 0.1) is 5.75 Å². The lowest BCUT2D eigenvalue weighted by Gasteiger charge is -2.03. The topological polar surface area (TPSA) is 17.1 Å². The van der Waals surface area contributed by atoms with Gasteiger partial charge in [-0.3, -0.25) is 4.79 Å². The predicted octanol–water partition coefficient (Wildman–Crippen LogP) is 2.82. The Morgan fingerprint density at radius 1 is 1.54 bits per heavy atom. The van der Waals surface area contributed by atoms with Gasteiger partial charge in [0.1, 0.15) is 11.6 Å². The number of ketones is 1.